The van der Waals surface area contributed by atoms with E-state index in [1.54, 1.807) is 17.9 Å². The molecule has 4 atom stereocenters. The van der Waals surface area contributed by atoms with Crippen LogP contribution in [0.1, 0.15) is 38.2 Å². The van der Waals surface area contributed by atoms with Crippen molar-refractivity contribution < 1.29 is 29.3 Å². The molecule has 1 aromatic rings. The highest BCUT2D eigenvalue weighted by Crippen LogP contribution is 2.47. The predicted octanol–water partition coefficient (Wildman–Crippen LogP) is 0.974. The summed E-state index contributed by atoms with van der Waals surface area (Å²) in [5, 5.41) is 23.1. The molecule has 0 aromatic heterocycles. The number of carbonyl (C=O) groups excluding carboxylic acids is 2. The first-order valence-electron chi connectivity index (χ1n) is 10.9. The molecule has 0 unspecified atom stereocenters. The zero-order valence-electron chi connectivity index (χ0n) is 18.1. The van der Waals surface area contributed by atoms with Gasteiger partial charge < -0.3 is 29.9 Å². The highest BCUT2D eigenvalue weighted by Gasteiger charge is 2.50. The van der Waals surface area contributed by atoms with Crippen molar-refractivity contribution in [3.05, 3.63) is 41.5 Å². The number of nitrogens with zero attached hydrogens (tertiary/aromatic N) is 1. The Hall–Kier alpha value is -2.42. The van der Waals surface area contributed by atoms with E-state index in [-0.39, 0.29) is 31.4 Å². The monoisotopic (exact) mass is 432 g/mol. The third-order valence-electron chi connectivity index (χ3n) is 5.75. The highest BCUT2D eigenvalue weighted by atomic mass is 16.5. The first kappa shape index (κ1) is 23.2. The van der Waals surface area contributed by atoms with Gasteiger partial charge in [-0.2, -0.15) is 0 Å². The van der Waals surface area contributed by atoms with Gasteiger partial charge in [0, 0.05) is 43.9 Å². The molecule has 0 saturated heterocycles. The number of ether oxygens (including phenoxy) is 2. The lowest BCUT2D eigenvalue weighted by Gasteiger charge is -2.40. The number of amides is 2. The molecule has 3 N–H and O–H groups in total. The number of benzene rings is 1. The minimum atomic E-state index is -0.991. The Morgan fingerprint density at radius 2 is 2.03 bits per heavy atom. The first-order chi connectivity index (χ1) is 15.0. The standard InChI is InChI=1S/C23H32N2O6/c1-3-19(27)25(11-7-13-30-4-2)17-14-16(23(29)24-10-12-26)20-15-8-5-6-9-18(15)31-22(20)21(17)28/h5-6,8-9,14,17,20-22,26,28H,3-4,7,10-13H2,1-2H3,(H,24,29)/t17-,20+,21+,22+/m1/s1. The van der Waals surface area contributed by atoms with Crippen molar-refractivity contribution in [2.45, 2.75) is 50.9 Å². The number of hydrogen-bond acceptors (Lipinski definition) is 6. The molecule has 0 spiro atoms. The summed E-state index contributed by atoms with van der Waals surface area (Å²) in [6, 6.07) is 6.72. The molecule has 0 radical (unpaired) electrons. The fourth-order valence-corrected chi connectivity index (χ4v) is 4.32. The molecule has 1 heterocycles. The van der Waals surface area contributed by atoms with Crippen LogP contribution in [-0.4, -0.2) is 78.1 Å². The van der Waals surface area contributed by atoms with E-state index in [0.29, 0.717) is 37.5 Å². The third kappa shape index (κ3) is 4.92. The lowest BCUT2D eigenvalue weighted by Crippen LogP contribution is -2.56. The van der Waals surface area contributed by atoms with Crippen LogP contribution < -0.4 is 10.1 Å². The van der Waals surface area contributed by atoms with E-state index in [2.05, 4.69) is 5.32 Å². The molecule has 31 heavy (non-hydrogen) atoms. The summed E-state index contributed by atoms with van der Waals surface area (Å²) in [6.07, 6.45) is 0.930. The topological polar surface area (TPSA) is 108 Å². The number of nitrogens with one attached hydrogen (secondary N) is 1. The fraction of sp³-hybridized carbons (Fsp3) is 0.565. The van der Waals surface area contributed by atoms with Crippen LogP contribution in [0.4, 0.5) is 0 Å². The van der Waals surface area contributed by atoms with E-state index in [4.69, 9.17) is 14.6 Å². The first-order valence-corrected chi connectivity index (χ1v) is 10.9. The van der Waals surface area contributed by atoms with Crippen LogP contribution in [0.5, 0.6) is 5.75 Å². The van der Waals surface area contributed by atoms with Crippen molar-refractivity contribution in [3.63, 3.8) is 0 Å². The third-order valence-corrected chi connectivity index (χ3v) is 5.75. The maximum Gasteiger partial charge on any atom is 0.247 e. The van der Waals surface area contributed by atoms with E-state index < -0.39 is 24.2 Å². The number of fused-ring (bicyclic) bond motifs is 3. The highest BCUT2D eigenvalue weighted by molar-refractivity contribution is 5.96. The molecule has 170 valence electrons. The van der Waals surface area contributed by atoms with Crippen molar-refractivity contribution in [3.8, 4) is 5.75 Å². The van der Waals surface area contributed by atoms with E-state index in [9.17, 15) is 14.7 Å². The van der Waals surface area contributed by atoms with Crippen LogP contribution in [0, 0.1) is 0 Å². The Morgan fingerprint density at radius 1 is 1.26 bits per heavy atom. The lowest BCUT2D eigenvalue weighted by molar-refractivity contribution is -0.137. The van der Waals surface area contributed by atoms with Crippen LogP contribution in [-0.2, 0) is 14.3 Å². The van der Waals surface area contributed by atoms with E-state index in [1.807, 2.05) is 31.2 Å². The number of hydrogen-bond donors (Lipinski definition) is 3. The zero-order chi connectivity index (χ0) is 22.4. The zero-order valence-corrected chi connectivity index (χ0v) is 18.1. The molecule has 2 aliphatic rings. The largest absolute Gasteiger partial charge is 0.486 e. The number of rotatable bonds is 10. The fourth-order valence-electron chi connectivity index (χ4n) is 4.32. The minimum Gasteiger partial charge on any atom is -0.486 e. The van der Waals surface area contributed by atoms with Gasteiger partial charge in [0.25, 0.3) is 0 Å². The Labute approximate surface area is 182 Å². The maximum absolute atomic E-state index is 13.0. The summed E-state index contributed by atoms with van der Waals surface area (Å²) in [5.74, 6) is -0.258. The van der Waals surface area contributed by atoms with Crippen molar-refractivity contribution in [2.24, 2.45) is 0 Å². The van der Waals surface area contributed by atoms with Crippen molar-refractivity contribution in [2.75, 3.05) is 32.9 Å². The molecule has 1 aromatic carbocycles. The smallest absolute Gasteiger partial charge is 0.247 e. The van der Waals surface area contributed by atoms with Gasteiger partial charge in [0.2, 0.25) is 11.8 Å². The number of carbonyl (C=O) groups is 2. The molecule has 1 aliphatic carbocycles. The average Bonchev–Trinajstić information content (AvgIpc) is 3.18. The number of para-hydroxylation sites is 1. The Morgan fingerprint density at radius 3 is 2.74 bits per heavy atom. The van der Waals surface area contributed by atoms with Gasteiger partial charge in [-0.1, -0.05) is 25.1 Å². The van der Waals surface area contributed by atoms with E-state index in [1.165, 1.54) is 0 Å². The number of aliphatic hydroxyl groups excluding tert-OH is 2. The molecular weight excluding hydrogens is 400 g/mol. The Kier molecular flexibility index (Phi) is 8.06. The van der Waals surface area contributed by atoms with Crippen LogP contribution in [0.3, 0.4) is 0 Å². The van der Waals surface area contributed by atoms with Gasteiger partial charge in [-0.25, -0.2) is 0 Å². The second kappa shape index (κ2) is 10.7. The van der Waals surface area contributed by atoms with Gasteiger partial charge in [-0.05, 0) is 25.5 Å². The van der Waals surface area contributed by atoms with Crippen molar-refractivity contribution in [1.82, 2.24) is 10.2 Å². The van der Waals surface area contributed by atoms with Gasteiger partial charge in [0.1, 0.15) is 18.0 Å². The molecule has 8 heteroatoms. The molecule has 8 nitrogen and oxygen atoms in total. The Balaban J connectivity index is 1.95. The van der Waals surface area contributed by atoms with Crippen LogP contribution in [0.25, 0.3) is 0 Å². The second-order valence-corrected chi connectivity index (χ2v) is 7.67. The molecule has 0 bridgehead atoms. The summed E-state index contributed by atoms with van der Waals surface area (Å²) in [6.45, 7) is 5.14. The predicted molar refractivity (Wildman–Crippen MR) is 115 cm³/mol. The SMILES string of the molecule is CCOCCCN(C(=O)CC)[C@@H]1C=C(C(=O)NCCO)[C@@H]2c3ccccc3O[C@@H]2[C@H]1O. The molecule has 2 amide bonds. The normalized spacial score (nSPS) is 23.9. The summed E-state index contributed by atoms with van der Waals surface area (Å²) in [4.78, 5) is 27.3. The second-order valence-electron chi connectivity index (χ2n) is 7.67. The molecular formula is C23H32N2O6. The molecule has 3 rings (SSSR count). The van der Waals surface area contributed by atoms with E-state index >= 15 is 0 Å². The van der Waals surface area contributed by atoms with Gasteiger partial charge in [-0.3, -0.25) is 9.59 Å². The summed E-state index contributed by atoms with van der Waals surface area (Å²) in [5.41, 5.74) is 1.28. The van der Waals surface area contributed by atoms with Gasteiger partial charge in [-0.15, -0.1) is 0 Å². The molecule has 0 fully saturated rings. The summed E-state index contributed by atoms with van der Waals surface area (Å²) in [7, 11) is 0. The number of aliphatic hydroxyl groups is 2. The quantitative estimate of drug-likeness (QED) is 0.476. The van der Waals surface area contributed by atoms with Crippen molar-refractivity contribution in [1.29, 1.82) is 0 Å². The van der Waals surface area contributed by atoms with Crippen LogP contribution in [0.2, 0.25) is 0 Å². The van der Waals surface area contributed by atoms with Gasteiger partial charge in [0.15, 0.2) is 0 Å². The summed E-state index contributed by atoms with van der Waals surface area (Å²) < 4.78 is 11.5. The van der Waals surface area contributed by atoms with Gasteiger partial charge in [0.05, 0.1) is 18.6 Å². The minimum absolute atomic E-state index is 0.110. The van der Waals surface area contributed by atoms with Crippen LogP contribution >= 0.6 is 0 Å². The van der Waals surface area contributed by atoms with Crippen LogP contribution in [0.15, 0.2) is 35.9 Å². The van der Waals surface area contributed by atoms with Crippen molar-refractivity contribution >= 4 is 11.8 Å². The molecule has 1 aliphatic heterocycles. The lowest BCUT2D eigenvalue weighted by atomic mass is 9.77. The molecule has 0 saturated carbocycles. The Bertz CT molecular complexity index is 811. The van der Waals surface area contributed by atoms with E-state index in [0.717, 1.165) is 5.56 Å². The average molecular weight is 433 g/mol. The summed E-state index contributed by atoms with van der Waals surface area (Å²) >= 11 is 0. The maximum atomic E-state index is 13.0. The van der Waals surface area contributed by atoms with Gasteiger partial charge >= 0.3 is 0 Å².